The molecule has 0 fully saturated rings. The molecule has 0 aliphatic carbocycles. The smallest absolute Gasteiger partial charge is 0.231 e. The molecular formula is C18H16N2O4. The summed E-state index contributed by atoms with van der Waals surface area (Å²) in [6, 6.07) is 12.0. The summed E-state index contributed by atoms with van der Waals surface area (Å²) in [7, 11) is 2.07. The molecule has 0 radical (unpaired) electrons. The molecule has 6 nitrogen and oxygen atoms in total. The molecule has 0 bridgehead atoms. The van der Waals surface area contributed by atoms with Gasteiger partial charge in [-0.1, -0.05) is 6.07 Å². The van der Waals surface area contributed by atoms with Gasteiger partial charge in [-0.15, -0.1) is 0 Å². The Morgan fingerprint density at radius 3 is 2.33 bits per heavy atom. The Balaban J connectivity index is 1.48. The third kappa shape index (κ3) is 2.11. The lowest BCUT2D eigenvalue weighted by molar-refractivity contribution is 0.173. The van der Waals surface area contributed by atoms with Crippen LogP contribution in [0.25, 0.3) is 0 Å². The van der Waals surface area contributed by atoms with Crippen molar-refractivity contribution in [3.05, 3.63) is 47.5 Å². The average molecular weight is 324 g/mol. The maximum absolute atomic E-state index is 5.48. The average Bonchev–Trinajstić information content (AvgIpc) is 3.32. The van der Waals surface area contributed by atoms with E-state index in [1.54, 1.807) is 0 Å². The molecule has 2 aromatic carbocycles. The minimum absolute atomic E-state index is 0.0278. The van der Waals surface area contributed by atoms with Gasteiger partial charge in [-0.2, -0.15) is 0 Å². The largest absolute Gasteiger partial charge is 0.454 e. The number of likely N-dealkylation sites (N-methyl/N-ethyl adjacent to an activating group) is 1. The van der Waals surface area contributed by atoms with Gasteiger partial charge >= 0.3 is 0 Å². The van der Waals surface area contributed by atoms with Crippen LogP contribution in [0.5, 0.6) is 23.0 Å². The summed E-state index contributed by atoms with van der Waals surface area (Å²) < 4.78 is 21.7. The van der Waals surface area contributed by atoms with Crippen molar-refractivity contribution in [1.82, 2.24) is 4.90 Å². The molecule has 3 aliphatic rings. The van der Waals surface area contributed by atoms with Gasteiger partial charge in [0.05, 0.1) is 5.71 Å². The lowest BCUT2D eigenvalue weighted by Crippen LogP contribution is -2.21. The second kappa shape index (κ2) is 5.14. The fourth-order valence-electron chi connectivity index (χ4n) is 3.25. The highest BCUT2D eigenvalue weighted by Gasteiger charge is 2.28. The molecule has 0 amide bonds. The molecule has 0 spiro atoms. The van der Waals surface area contributed by atoms with Gasteiger partial charge in [0.25, 0.3) is 0 Å². The topological polar surface area (TPSA) is 52.5 Å². The lowest BCUT2D eigenvalue weighted by atomic mass is 10.1. The van der Waals surface area contributed by atoms with E-state index in [2.05, 4.69) is 11.9 Å². The number of ether oxygens (including phenoxy) is 4. The van der Waals surface area contributed by atoms with Crippen molar-refractivity contribution in [3.8, 4) is 23.0 Å². The second-order valence-corrected chi connectivity index (χ2v) is 6.05. The van der Waals surface area contributed by atoms with Crippen molar-refractivity contribution in [2.24, 2.45) is 4.99 Å². The van der Waals surface area contributed by atoms with Crippen LogP contribution in [0, 0.1) is 0 Å². The standard InChI is InChI=1S/C18H16N2O4/c1-20-8-13(11-2-4-14-16(6-11)23-9-21-14)19-18(20)12-3-5-15-17(7-12)24-10-22-15/h2-7,18H,8-10H2,1H3. The van der Waals surface area contributed by atoms with Crippen LogP contribution in [0.1, 0.15) is 17.3 Å². The maximum Gasteiger partial charge on any atom is 0.231 e. The van der Waals surface area contributed by atoms with Gasteiger partial charge in [0.1, 0.15) is 6.17 Å². The summed E-state index contributed by atoms with van der Waals surface area (Å²) >= 11 is 0. The SMILES string of the molecule is CN1CC(c2ccc3c(c2)OCO3)=NC1c1ccc2c(c1)OCO2. The summed E-state index contributed by atoms with van der Waals surface area (Å²) in [6.07, 6.45) is -0.0278. The zero-order chi connectivity index (χ0) is 16.1. The number of hydrogen-bond donors (Lipinski definition) is 0. The van der Waals surface area contributed by atoms with Gasteiger partial charge in [0.2, 0.25) is 13.6 Å². The van der Waals surface area contributed by atoms with Crippen molar-refractivity contribution < 1.29 is 18.9 Å². The van der Waals surface area contributed by atoms with Crippen LogP contribution >= 0.6 is 0 Å². The van der Waals surface area contributed by atoms with Crippen LogP contribution in [-0.4, -0.2) is 37.8 Å². The zero-order valence-corrected chi connectivity index (χ0v) is 13.2. The molecule has 2 aromatic rings. The van der Waals surface area contributed by atoms with Crippen LogP contribution in [-0.2, 0) is 0 Å². The summed E-state index contributed by atoms with van der Waals surface area (Å²) in [5.41, 5.74) is 3.20. The van der Waals surface area contributed by atoms with E-state index in [0.717, 1.165) is 46.4 Å². The van der Waals surface area contributed by atoms with E-state index in [0.29, 0.717) is 0 Å². The van der Waals surface area contributed by atoms with Crippen molar-refractivity contribution in [2.75, 3.05) is 27.2 Å². The van der Waals surface area contributed by atoms with Crippen LogP contribution in [0.2, 0.25) is 0 Å². The molecule has 0 saturated heterocycles. The summed E-state index contributed by atoms with van der Waals surface area (Å²) in [4.78, 5) is 7.12. The van der Waals surface area contributed by atoms with Gasteiger partial charge in [0.15, 0.2) is 23.0 Å². The predicted octanol–water partition coefficient (Wildman–Crippen LogP) is 2.58. The monoisotopic (exact) mass is 324 g/mol. The number of nitrogens with zero attached hydrogens (tertiary/aromatic N) is 2. The minimum atomic E-state index is -0.0278. The molecule has 0 saturated carbocycles. The van der Waals surface area contributed by atoms with Gasteiger partial charge in [-0.25, -0.2) is 0 Å². The molecular weight excluding hydrogens is 308 g/mol. The minimum Gasteiger partial charge on any atom is -0.454 e. The van der Waals surface area contributed by atoms with Gasteiger partial charge in [0, 0.05) is 12.1 Å². The summed E-state index contributed by atoms with van der Waals surface area (Å²) in [5, 5.41) is 0. The molecule has 3 aliphatic heterocycles. The Morgan fingerprint density at radius 1 is 0.875 bits per heavy atom. The highest BCUT2D eigenvalue weighted by molar-refractivity contribution is 6.03. The summed E-state index contributed by atoms with van der Waals surface area (Å²) in [5.74, 6) is 3.15. The fourth-order valence-corrected chi connectivity index (χ4v) is 3.25. The first-order valence-electron chi connectivity index (χ1n) is 7.84. The third-order valence-electron chi connectivity index (χ3n) is 4.50. The van der Waals surface area contributed by atoms with Crippen LogP contribution < -0.4 is 18.9 Å². The lowest BCUT2D eigenvalue weighted by Gasteiger charge is -2.17. The molecule has 0 N–H and O–H groups in total. The van der Waals surface area contributed by atoms with E-state index in [1.165, 1.54) is 0 Å². The van der Waals surface area contributed by atoms with E-state index in [1.807, 2.05) is 36.4 Å². The highest BCUT2D eigenvalue weighted by Crippen LogP contribution is 2.38. The number of fused-ring (bicyclic) bond motifs is 2. The third-order valence-corrected chi connectivity index (χ3v) is 4.50. The van der Waals surface area contributed by atoms with Gasteiger partial charge in [-0.3, -0.25) is 9.89 Å². The maximum atomic E-state index is 5.48. The predicted molar refractivity (Wildman–Crippen MR) is 87.0 cm³/mol. The van der Waals surface area contributed by atoms with E-state index >= 15 is 0 Å². The van der Waals surface area contributed by atoms with Crippen molar-refractivity contribution in [1.29, 1.82) is 0 Å². The van der Waals surface area contributed by atoms with E-state index in [9.17, 15) is 0 Å². The number of aliphatic imine (C=N–C) groups is 1. The Bertz CT molecular complexity index is 849. The second-order valence-electron chi connectivity index (χ2n) is 6.05. The first kappa shape index (κ1) is 13.7. The fraction of sp³-hybridized carbons (Fsp3) is 0.278. The zero-order valence-electron chi connectivity index (χ0n) is 13.2. The molecule has 1 atom stereocenters. The van der Waals surface area contributed by atoms with Gasteiger partial charge in [-0.05, 0) is 42.9 Å². The van der Waals surface area contributed by atoms with Crippen molar-refractivity contribution in [3.63, 3.8) is 0 Å². The quantitative estimate of drug-likeness (QED) is 0.850. The highest BCUT2D eigenvalue weighted by atomic mass is 16.7. The Hall–Kier alpha value is -2.73. The molecule has 0 aromatic heterocycles. The molecule has 3 heterocycles. The van der Waals surface area contributed by atoms with Crippen molar-refractivity contribution in [2.45, 2.75) is 6.17 Å². The Kier molecular flexibility index (Phi) is 2.93. The molecule has 24 heavy (non-hydrogen) atoms. The molecule has 1 unspecified atom stereocenters. The Morgan fingerprint density at radius 2 is 1.54 bits per heavy atom. The molecule has 122 valence electrons. The van der Waals surface area contributed by atoms with Crippen LogP contribution in [0.15, 0.2) is 41.4 Å². The number of rotatable bonds is 2. The van der Waals surface area contributed by atoms with Gasteiger partial charge < -0.3 is 18.9 Å². The molecule has 6 heteroatoms. The van der Waals surface area contributed by atoms with Crippen LogP contribution in [0.3, 0.4) is 0 Å². The first-order chi connectivity index (χ1) is 11.8. The number of benzene rings is 2. The van der Waals surface area contributed by atoms with E-state index in [4.69, 9.17) is 23.9 Å². The Labute approximate surface area is 139 Å². The van der Waals surface area contributed by atoms with Crippen LogP contribution in [0.4, 0.5) is 0 Å². The summed E-state index contributed by atoms with van der Waals surface area (Å²) in [6.45, 7) is 1.34. The van der Waals surface area contributed by atoms with E-state index < -0.39 is 0 Å². The molecule has 5 rings (SSSR count). The first-order valence-corrected chi connectivity index (χ1v) is 7.84. The number of hydrogen-bond acceptors (Lipinski definition) is 6. The normalized spacial score (nSPS) is 21.2. The van der Waals surface area contributed by atoms with E-state index in [-0.39, 0.29) is 19.8 Å². The van der Waals surface area contributed by atoms with Crippen molar-refractivity contribution >= 4 is 5.71 Å².